The first-order valence-electron chi connectivity index (χ1n) is 6.31. The molecule has 4 heteroatoms. The molecule has 92 valence electrons. The Morgan fingerprint density at radius 1 is 1.53 bits per heavy atom. The number of amidine groups is 1. The van der Waals surface area contributed by atoms with Gasteiger partial charge in [-0.25, -0.2) is 0 Å². The third-order valence-electron chi connectivity index (χ3n) is 3.28. The Labute approximate surface area is 111 Å². The van der Waals surface area contributed by atoms with Crippen LogP contribution in [0.3, 0.4) is 0 Å². The van der Waals surface area contributed by atoms with E-state index >= 15 is 0 Å². The van der Waals surface area contributed by atoms with Crippen molar-refractivity contribution in [1.29, 1.82) is 0 Å². The zero-order valence-corrected chi connectivity index (χ0v) is 11.7. The number of hydrogen-bond acceptors (Lipinski definition) is 4. The van der Waals surface area contributed by atoms with Gasteiger partial charge in [0.25, 0.3) is 0 Å². The van der Waals surface area contributed by atoms with Crippen molar-refractivity contribution in [2.75, 3.05) is 6.54 Å². The number of nitrogens with one attached hydrogen (secondary N) is 1. The van der Waals surface area contributed by atoms with Crippen LogP contribution in [-0.4, -0.2) is 23.0 Å². The molecular weight excluding hydrogens is 248 g/mol. The molecule has 0 radical (unpaired) electrons. The summed E-state index contributed by atoms with van der Waals surface area (Å²) in [6.45, 7) is 3.27. The minimum atomic E-state index is 0.484. The van der Waals surface area contributed by atoms with Crippen LogP contribution in [0.2, 0.25) is 0 Å². The number of aliphatic imine (C=N–C) groups is 1. The molecule has 1 aromatic heterocycles. The summed E-state index contributed by atoms with van der Waals surface area (Å²) in [6, 6.07) is 4.81. The van der Waals surface area contributed by atoms with Gasteiger partial charge in [0.05, 0.1) is 6.54 Å². The van der Waals surface area contributed by atoms with E-state index in [1.165, 1.54) is 22.9 Å². The van der Waals surface area contributed by atoms with E-state index in [2.05, 4.69) is 34.7 Å². The van der Waals surface area contributed by atoms with E-state index in [1.54, 1.807) is 0 Å². The molecule has 1 aliphatic carbocycles. The predicted molar refractivity (Wildman–Crippen MR) is 77.0 cm³/mol. The highest BCUT2D eigenvalue weighted by Crippen LogP contribution is 2.41. The number of hydrogen-bond donors (Lipinski definition) is 1. The van der Waals surface area contributed by atoms with Crippen molar-refractivity contribution in [1.82, 2.24) is 5.32 Å². The van der Waals surface area contributed by atoms with Crippen molar-refractivity contribution in [2.24, 2.45) is 10.9 Å². The molecule has 3 rings (SSSR count). The number of rotatable bonds is 4. The highest BCUT2D eigenvalue weighted by Gasteiger charge is 2.35. The Morgan fingerprint density at radius 2 is 2.41 bits per heavy atom. The normalized spacial score (nSPS) is 25.7. The highest BCUT2D eigenvalue weighted by atomic mass is 32.2. The van der Waals surface area contributed by atoms with Gasteiger partial charge in [0, 0.05) is 22.6 Å². The zero-order valence-electron chi connectivity index (χ0n) is 10.1. The van der Waals surface area contributed by atoms with Gasteiger partial charge in [0.1, 0.15) is 0 Å². The maximum absolute atomic E-state index is 4.62. The van der Waals surface area contributed by atoms with Crippen LogP contribution in [0, 0.1) is 5.92 Å². The van der Waals surface area contributed by atoms with Crippen LogP contribution >= 0.6 is 23.1 Å². The summed E-state index contributed by atoms with van der Waals surface area (Å²) in [6.07, 6.45) is 3.95. The van der Waals surface area contributed by atoms with Crippen molar-refractivity contribution < 1.29 is 0 Å². The van der Waals surface area contributed by atoms with Crippen molar-refractivity contribution in [2.45, 2.75) is 37.5 Å². The largest absolute Gasteiger partial charge is 0.362 e. The predicted octanol–water partition coefficient (Wildman–Crippen LogP) is 3.15. The van der Waals surface area contributed by atoms with Gasteiger partial charge in [-0.1, -0.05) is 17.8 Å². The second-order valence-corrected chi connectivity index (χ2v) is 7.23. The van der Waals surface area contributed by atoms with E-state index in [0.29, 0.717) is 6.04 Å². The summed E-state index contributed by atoms with van der Waals surface area (Å²) < 4.78 is 0. The van der Waals surface area contributed by atoms with Crippen LogP contribution in [0.5, 0.6) is 0 Å². The average Bonchev–Trinajstić information content (AvgIpc) is 2.84. The van der Waals surface area contributed by atoms with Gasteiger partial charge in [0.15, 0.2) is 5.17 Å². The van der Waals surface area contributed by atoms with Gasteiger partial charge in [-0.3, -0.25) is 4.99 Å². The summed E-state index contributed by atoms with van der Waals surface area (Å²) in [7, 11) is 0. The minimum Gasteiger partial charge on any atom is -0.362 e. The monoisotopic (exact) mass is 266 g/mol. The summed E-state index contributed by atoms with van der Waals surface area (Å²) in [5.41, 5.74) is 0. The van der Waals surface area contributed by atoms with Crippen LogP contribution in [0.1, 0.15) is 24.6 Å². The average molecular weight is 266 g/mol. The lowest BCUT2D eigenvalue weighted by molar-refractivity contribution is 0.670. The molecule has 2 unspecified atom stereocenters. The van der Waals surface area contributed by atoms with Gasteiger partial charge >= 0.3 is 0 Å². The maximum Gasteiger partial charge on any atom is 0.157 e. The molecule has 0 amide bonds. The van der Waals surface area contributed by atoms with E-state index in [4.69, 9.17) is 0 Å². The highest BCUT2D eigenvalue weighted by molar-refractivity contribution is 8.14. The molecule has 1 aromatic rings. The van der Waals surface area contributed by atoms with E-state index in [0.717, 1.165) is 24.1 Å². The lowest BCUT2D eigenvalue weighted by Crippen LogP contribution is -2.31. The molecule has 0 aromatic carbocycles. The lowest BCUT2D eigenvalue weighted by Gasteiger charge is -2.14. The summed E-state index contributed by atoms with van der Waals surface area (Å²) in [5, 5.41) is 7.64. The van der Waals surface area contributed by atoms with Gasteiger partial charge in [-0.05, 0) is 37.1 Å². The molecule has 2 aliphatic rings. The molecule has 1 aliphatic heterocycles. The van der Waals surface area contributed by atoms with Crippen LogP contribution in [0.25, 0.3) is 0 Å². The topological polar surface area (TPSA) is 24.4 Å². The van der Waals surface area contributed by atoms with Gasteiger partial charge in [0.2, 0.25) is 0 Å². The Balaban J connectivity index is 1.47. The molecule has 17 heavy (non-hydrogen) atoms. The first-order valence-corrected chi connectivity index (χ1v) is 8.07. The number of nitrogens with zero attached hydrogens (tertiary/aromatic N) is 1. The molecule has 1 saturated carbocycles. The molecule has 2 nitrogen and oxygen atoms in total. The van der Waals surface area contributed by atoms with Crippen molar-refractivity contribution in [3.8, 4) is 0 Å². The Hall–Kier alpha value is -0.480. The van der Waals surface area contributed by atoms with Gasteiger partial charge < -0.3 is 5.32 Å². The molecule has 0 bridgehead atoms. The number of thiophene rings is 1. The smallest absolute Gasteiger partial charge is 0.157 e. The fourth-order valence-corrected chi connectivity index (χ4v) is 4.33. The molecule has 2 atom stereocenters. The Kier molecular flexibility index (Phi) is 3.43. The third-order valence-corrected chi connectivity index (χ3v) is 5.49. The summed E-state index contributed by atoms with van der Waals surface area (Å²) >= 11 is 3.80. The molecule has 2 heterocycles. The molecule has 1 N–H and O–H groups in total. The van der Waals surface area contributed by atoms with Crippen molar-refractivity contribution in [3.05, 3.63) is 22.4 Å². The standard InChI is InChI=1S/C13H18N2S2/c1-9(7-11-3-2-6-16-11)15-13-14-8-12(17-13)10-4-5-10/h2-3,6,9-10,12H,4-5,7-8H2,1H3,(H,14,15). The van der Waals surface area contributed by atoms with Crippen LogP contribution in [0.15, 0.2) is 22.5 Å². The second kappa shape index (κ2) is 5.02. The fraction of sp³-hybridized carbons (Fsp3) is 0.615. The van der Waals surface area contributed by atoms with Crippen molar-refractivity contribution in [3.63, 3.8) is 0 Å². The second-order valence-electron chi connectivity index (χ2n) is 4.97. The van der Waals surface area contributed by atoms with E-state index in [-0.39, 0.29) is 0 Å². The molecular formula is C13H18N2S2. The maximum atomic E-state index is 4.62. The first-order chi connectivity index (χ1) is 8.31. The molecule has 1 fully saturated rings. The quantitative estimate of drug-likeness (QED) is 0.905. The van der Waals surface area contributed by atoms with Crippen LogP contribution in [-0.2, 0) is 6.42 Å². The summed E-state index contributed by atoms with van der Waals surface area (Å²) in [4.78, 5) is 6.07. The van der Waals surface area contributed by atoms with Gasteiger partial charge in [-0.15, -0.1) is 11.3 Å². The van der Waals surface area contributed by atoms with Crippen molar-refractivity contribution >= 4 is 28.3 Å². The lowest BCUT2D eigenvalue weighted by atomic mass is 10.2. The van der Waals surface area contributed by atoms with E-state index < -0.39 is 0 Å². The third kappa shape index (κ3) is 3.05. The SMILES string of the molecule is CC(Cc1cccs1)NC1=NCC(C2CC2)S1. The molecule has 0 saturated heterocycles. The molecule has 0 spiro atoms. The van der Waals surface area contributed by atoms with Crippen LogP contribution < -0.4 is 5.32 Å². The van der Waals surface area contributed by atoms with Gasteiger partial charge in [-0.2, -0.15) is 0 Å². The summed E-state index contributed by atoms with van der Waals surface area (Å²) in [5.74, 6) is 0.954. The van der Waals surface area contributed by atoms with E-state index in [9.17, 15) is 0 Å². The fourth-order valence-electron chi connectivity index (χ4n) is 2.18. The first kappa shape index (κ1) is 11.6. The minimum absolute atomic E-state index is 0.484. The van der Waals surface area contributed by atoms with Crippen LogP contribution in [0.4, 0.5) is 0 Å². The zero-order chi connectivity index (χ0) is 11.7. The van der Waals surface area contributed by atoms with E-state index in [1.807, 2.05) is 23.1 Å². The Bertz CT molecular complexity index is 396. The number of thioether (sulfide) groups is 1. The Morgan fingerprint density at radius 3 is 3.12 bits per heavy atom.